The van der Waals surface area contributed by atoms with Gasteiger partial charge in [0.2, 0.25) is 5.91 Å². The summed E-state index contributed by atoms with van der Waals surface area (Å²) in [6, 6.07) is 0. The van der Waals surface area contributed by atoms with E-state index in [1.165, 1.54) is 5.57 Å². The summed E-state index contributed by atoms with van der Waals surface area (Å²) >= 11 is 0. The maximum Gasteiger partial charge on any atom is 0.236 e. The van der Waals surface area contributed by atoms with E-state index < -0.39 is 0 Å². The Labute approximate surface area is 90.4 Å². The van der Waals surface area contributed by atoms with Gasteiger partial charge < -0.3 is 9.64 Å². The highest BCUT2D eigenvalue weighted by molar-refractivity contribution is 5.92. The second-order valence-corrected chi connectivity index (χ2v) is 4.27. The van der Waals surface area contributed by atoms with E-state index in [9.17, 15) is 4.79 Å². The quantitative estimate of drug-likeness (QED) is 0.654. The monoisotopic (exact) mass is 207 g/mol. The second kappa shape index (κ2) is 3.81. The summed E-state index contributed by atoms with van der Waals surface area (Å²) in [6.07, 6.45) is 4.72. The third kappa shape index (κ3) is 1.84. The van der Waals surface area contributed by atoms with Crippen LogP contribution in [0.25, 0.3) is 0 Å². The van der Waals surface area contributed by atoms with E-state index in [-0.39, 0.29) is 11.3 Å². The van der Waals surface area contributed by atoms with E-state index in [2.05, 4.69) is 6.58 Å². The predicted molar refractivity (Wildman–Crippen MR) is 58.4 cm³/mol. The van der Waals surface area contributed by atoms with Crippen LogP contribution in [0.2, 0.25) is 0 Å². The van der Waals surface area contributed by atoms with Gasteiger partial charge in [-0.3, -0.25) is 4.79 Å². The zero-order valence-electron chi connectivity index (χ0n) is 9.16. The molecule has 1 saturated heterocycles. The largest absolute Gasteiger partial charge is 0.378 e. The molecule has 0 aromatic carbocycles. The molecule has 1 heterocycles. The summed E-state index contributed by atoms with van der Waals surface area (Å²) in [5, 5.41) is 0. The van der Waals surface area contributed by atoms with Crippen LogP contribution in [0, 0.1) is 5.41 Å². The van der Waals surface area contributed by atoms with Crippen LogP contribution in [-0.4, -0.2) is 37.1 Å². The van der Waals surface area contributed by atoms with Crippen LogP contribution in [0.5, 0.6) is 0 Å². The van der Waals surface area contributed by atoms with E-state index in [1.54, 1.807) is 0 Å². The molecule has 2 aliphatic rings. The number of allylic oxidation sites excluding steroid dienone is 1. The van der Waals surface area contributed by atoms with Crippen molar-refractivity contribution in [3.05, 3.63) is 24.3 Å². The van der Waals surface area contributed by atoms with Gasteiger partial charge in [-0.15, -0.1) is 6.58 Å². The van der Waals surface area contributed by atoms with E-state index in [0.29, 0.717) is 13.2 Å². The van der Waals surface area contributed by atoms with Gasteiger partial charge in [0.1, 0.15) is 0 Å². The predicted octanol–water partition coefficient (Wildman–Crippen LogP) is 1.37. The van der Waals surface area contributed by atoms with E-state index in [0.717, 1.165) is 19.5 Å². The van der Waals surface area contributed by atoms with Crippen LogP contribution in [0.15, 0.2) is 24.3 Å². The summed E-state index contributed by atoms with van der Waals surface area (Å²) in [6.45, 7) is 8.46. The van der Waals surface area contributed by atoms with Crippen molar-refractivity contribution in [1.82, 2.24) is 4.90 Å². The van der Waals surface area contributed by atoms with Crippen LogP contribution in [0.3, 0.4) is 0 Å². The zero-order chi connectivity index (χ0) is 10.9. The Balaban J connectivity index is 1.94. The van der Waals surface area contributed by atoms with E-state index in [1.807, 2.05) is 24.0 Å². The van der Waals surface area contributed by atoms with Crippen molar-refractivity contribution < 1.29 is 9.53 Å². The molecule has 0 saturated carbocycles. The molecule has 0 bridgehead atoms. The second-order valence-electron chi connectivity index (χ2n) is 4.27. The van der Waals surface area contributed by atoms with Crippen molar-refractivity contribution in [2.45, 2.75) is 13.3 Å². The van der Waals surface area contributed by atoms with Gasteiger partial charge in [-0.25, -0.2) is 0 Å². The lowest BCUT2D eigenvalue weighted by atomic mass is 9.99. The van der Waals surface area contributed by atoms with Crippen molar-refractivity contribution >= 4 is 5.91 Å². The molecule has 1 aliphatic carbocycles. The van der Waals surface area contributed by atoms with Crippen molar-refractivity contribution in [2.24, 2.45) is 5.41 Å². The molecule has 1 amide bonds. The van der Waals surface area contributed by atoms with Crippen molar-refractivity contribution in [3.63, 3.8) is 0 Å². The molecule has 0 radical (unpaired) electrons. The smallest absolute Gasteiger partial charge is 0.236 e. The molecule has 15 heavy (non-hydrogen) atoms. The topological polar surface area (TPSA) is 29.5 Å². The third-order valence-electron chi connectivity index (χ3n) is 3.15. The summed E-state index contributed by atoms with van der Waals surface area (Å²) < 4.78 is 5.23. The third-order valence-corrected chi connectivity index (χ3v) is 3.15. The molecule has 3 nitrogen and oxygen atoms in total. The lowest BCUT2D eigenvalue weighted by Crippen LogP contribution is -2.44. The number of hydrogen-bond acceptors (Lipinski definition) is 2. The number of nitrogens with zero attached hydrogens (tertiary/aromatic N) is 1. The maximum atomic E-state index is 12.2. The summed E-state index contributed by atoms with van der Waals surface area (Å²) in [7, 11) is 0. The number of amides is 1. The van der Waals surface area contributed by atoms with Gasteiger partial charge in [-0.2, -0.15) is 0 Å². The van der Waals surface area contributed by atoms with Gasteiger partial charge in [-0.05, 0) is 13.3 Å². The Bertz CT molecular complexity index is 316. The van der Waals surface area contributed by atoms with Crippen molar-refractivity contribution in [1.29, 1.82) is 0 Å². The average molecular weight is 207 g/mol. The van der Waals surface area contributed by atoms with Crippen LogP contribution < -0.4 is 0 Å². The lowest BCUT2D eigenvalue weighted by Gasteiger charge is -2.30. The van der Waals surface area contributed by atoms with Crippen LogP contribution in [-0.2, 0) is 9.53 Å². The molecule has 0 aromatic rings. The van der Waals surface area contributed by atoms with E-state index in [4.69, 9.17) is 4.74 Å². The highest BCUT2D eigenvalue weighted by atomic mass is 16.5. The Morgan fingerprint density at radius 2 is 2.33 bits per heavy atom. The van der Waals surface area contributed by atoms with Crippen molar-refractivity contribution in [2.75, 3.05) is 26.3 Å². The fourth-order valence-corrected chi connectivity index (χ4v) is 2.03. The SMILES string of the molecule is C=CCC1=CC1(C)C(=O)N1CCOCC1. The molecule has 1 aliphatic heterocycles. The Morgan fingerprint density at radius 3 is 2.93 bits per heavy atom. The highest BCUT2D eigenvalue weighted by Crippen LogP contribution is 2.47. The molecule has 1 fully saturated rings. The minimum absolute atomic E-state index is 0.225. The summed E-state index contributed by atoms with van der Waals surface area (Å²) in [4.78, 5) is 14.1. The number of hydrogen-bond donors (Lipinski definition) is 0. The first-order valence-corrected chi connectivity index (χ1v) is 5.38. The van der Waals surface area contributed by atoms with E-state index >= 15 is 0 Å². The van der Waals surface area contributed by atoms with Gasteiger partial charge in [0, 0.05) is 13.1 Å². The molecule has 0 spiro atoms. The molecule has 3 heteroatoms. The Morgan fingerprint density at radius 1 is 1.67 bits per heavy atom. The fraction of sp³-hybridized carbons (Fsp3) is 0.583. The van der Waals surface area contributed by atoms with Crippen LogP contribution >= 0.6 is 0 Å². The van der Waals surface area contributed by atoms with Gasteiger partial charge >= 0.3 is 0 Å². The van der Waals surface area contributed by atoms with Gasteiger partial charge in [0.25, 0.3) is 0 Å². The highest BCUT2D eigenvalue weighted by Gasteiger charge is 2.47. The first-order valence-electron chi connectivity index (χ1n) is 5.38. The molecule has 0 N–H and O–H groups in total. The first-order chi connectivity index (χ1) is 7.18. The molecule has 1 unspecified atom stereocenters. The van der Waals surface area contributed by atoms with Crippen LogP contribution in [0.4, 0.5) is 0 Å². The number of carbonyl (C=O) groups excluding carboxylic acids is 1. The van der Waals surface area contributed by atoms with Gasteiger partial charge in [0.05, 0.1) is 18.6 Å². The van der Waals surface area contributed by atoms with Gasteiger partial charge in [-0.1, -0.05) is 17.7 Å². The normalized spacial score (nSPS) is 29.7. The number of morpholine rings is 1. The fourth-order valence-electron chi connectivity index (χ4n) is 2.03. The standard InChI is InChI=1S/C12H17NO2/c1-3-4-10-9-12(10,2)11(14)13-5-7-15-8-6-13/h3,9H,1,4-8H2,2H3. The molecular formula is C12H17NO2. The average Bonchev–Trinajstić information content (AvgIpc) is 2.92. The van der Waals surface area contributed by atoms with Gasteiger partial charge in [0.15, 0.2) is 0 Å². The lowest BCUT2D eigenvalue weighted by molar-refractivity contribution is -0.139. The van der Waals surface area contributed by atoms with Crippen LogP contribution in [0.1, 0.15) is 13.3 Å². The molecule has 1 atom stereocenters. The number of ether oxygens (including phenoxy) is 1. The first kappa shape index (κ1) is 10.4. The molecule has 2 rings (SSSR count). The Hall–Kier alpha value is -1.09. The molecular weight excluding hydrogens is 190 g/mol. The zero-order valence-corrected chi connectivity index (χ0v) is 9.16. The summed E-state index contributed by atoms with van der Waals surface area (Å²) in [5.41, 5.74) is 0.889. The Kier molecular flexibility index (Phi) is 2.65. The molecule has 82 valence electrons. The maximum absolute atomic E-state index is 12.2. The summed E-state index contributed by atoms with van der Waals surface area (Å²) in [5.74, 6) is 0.225. The number of rotatable bonds is 3. The van der Waals surface area contributed by atoms with Crippen molar-refractivity contribution in [3.8, 4) is 0 Å². The minimum Gasteiger partial charge on any atom is -0.378 e. The minimum atomic E-state index is -0.314. The molecule has 0 aromatic heterocycles. The number of carbonyl (C=O) groups is 1.